The second-order valence-electron chi connectivity index (χ2n) is 5.77. The van der Waals surface area contributed by atoms with E-state index in [9.17, 15) is 14.4 Å². The van der Waals surface area contributed by atoms with Crippen LogP contribution in [0, 0.1) is 17.2 Å². The molecule has 5 N–H and O–H groups in total. The van der Waals surface area contributed by atoms with Gasteiger partial charge in [0, 0.05) is 18.7 Å². The number of nitrogen functional groups attached to an aromatic ring is 1. The van der Waals surface area contributed by atoms with E-state index in [-0.39, 0.29) is 11.7 Å². The maximum atomic E-state index is 12.4. The molecule has 2 aliphatic rings. The summed E-state index contributed by atoms with van der Waals surface area (Å²) in [5.41, 5.74) is 6.62. The Morgan fingerprint density at radius 3 is 2.38 bits per heavy atom. The lowest BCUT2D eigenvalue weighted by atomic mass is 9.88. The first-order valence-corrected chi connectivity index (χ1v) is 7.22. The summed E-state index contributed by atoms with van der Waals surface area (Å²) in [5, 5.41) is 19.2. The van der Waals surface area contributed by atoms with Gasteiger partial charge in [-0.05, 0) is 5.56 Å². The van der Waals surface area contributed by atoms with Crippen LogP contribution in [0.25, 0.3) is 0 Å². The lowest BCUT2D eigenvalue weighted by Gasteiger charge is -2.20. The Morgan fingerprint density at radius 1 is 1.25 bits per heavy atom. The zero-order valence-corrected chi connectivity index (χ0v) is 12.7. The van der Waals surface area contributed by atoms with Crippen LogP contribution in [0.15, 0.2) is 24.3 Å². The minimum absolute atomic E-state index is 0.0854. The van der Waals surface area contributed by atoms with Crippen molar-refractivity contribution < 1.29 is 24.2 Å². The Bertz CT molecular complexity index is 732. The molecule has 4 unspecified atom stereocenters. The van der Waals surface area contributed by atoms with Gasteiger partial charge in [0.2, 0.25) is 11.8 Å². The number of nitrogens with zero attached hydrogens (tertiary/aromatic N) is 1. The van der Waals surface area contributed by atoms with Crippen molar-refractivity contribution in [1.82, 2.24) is 10.2 Å². The normalized spacial score (nSPS) is 28.8. The first-order valence-electron chi connectivity index (χ1n) is 7.22. The molecule has 9 heteroatoms. The number of ether oxygens (including phenoxy) is 1. The van der Waals surface area contributed by atoms with Crippen molar-refractivity contribution in [2.24, 2.45) is 17.6 Å². The van der Waals surface area contributed by atoms with Gasteiger partial charge in [-0.15, -0.1) is 0 Å². The SMILES string of the molecule is CN1C(=O)C2C(OC(=O)O)NC(c3ccc(C(=N)N)cc3)C2C1=O. The number of fused-ring (bicyclic) bond motifs is 1. The fourth-order valence-electron chi connectivity index (χ4n) is 3.30. The van der Waals surface area contributed by atoms with Gasteiger partial charge in [0.05, 0.1) is 5.92 Å². The smallest absolute Gasteiger partial charge is 0.450 e. The molecular formula is C15H16N4O5. The molecule has 9 nitrogen and oxygen atoms in total. The highest BCUT2D eigenvalue weighted by Crippen LogP contribution is 2.43. The molecule has 2 heterocycles. The second kappa shape index (κ2) is 5.60. The number of hydrogen-bond acceptors (Lipinski definition) is 6. The van der Waals surface area contributed by atoms with Crippen LogP contribution in [0.1, 0.15) is 17.2 Å². The Morgan fingerprint density at radius 2 is 1.83 bits per heavy atom. The van der Waals surface area contributed by atoms with E-state index in [1.165, 1.54) is 7.05 Å². The standard InChI is InChI=1S/C15H16N4O5/c1-19-13(20)8-9(14(19)21)12(24-15(22)23)18-10(8)6-2-4-7(5-3-6)11(16)17/h2-5,8-10,12,18H,1H3,(H3,16,17)(H,22,23). The predicted octanol–water partition coefficient (Wildman–Crippen LogP) is -0.133. The van der Waals surface area contributed by atoms with Gasteiger partial charge >= 0.3 is 6.16 Å². The third-order valence-corrected chi connectivity index (χ3v) is 4.46. The van der Waals surface area contributed by atoms with E-state index < -0.39 is 36.2 Å². The number of nitrogens with two attached hydrogens (primary N) is 1. The molecule has 1 aromatic carbocycles. The summed E-state index contributed by atoms with van der Waals surface area (Å²) in [6.45, 7) is 0. The van der Waals surface area contributed by atoms with Gasteiger partial charge in [-0.25, -0.2) is 4.79 Å². The Labute approximate surface area is 136 Å². The van der Waals surface area contributed by atoms with E-state index in [0.717, 1.165) is 4.90 Å². The van der Waals surface area contributed by atoms with E-state index in [1.807, 2.05) is 0 Å². The molecule has 2 saturated heterocycles. The number of amides is 2. The van der Waals surface area contributed by atoms with Gasteiger partial charge in [0.15, 0.2) is 6.23 Å². The van der Waals surface area contributed by atoms with Crippen LogP contribution in [-0.4, -0.2) is 47.1 Å². The molecule has 0 bridgehead atoms. The summed E-state index contributed by atoms with van der Waals surface area (Å²) in [4.78, 5) is 36.5. The van der Waals surface area contributed by atoms with Gasteiger partial charge in [-0.1, -0.05) is 24.3 Å². The van der Waals surface area contributed by atoms with Gasteiger partial charge < -0.3 is 15.6 Å². The minimum Gasteiger partial charge on any atom is -0.450 e. The first kappa shape index (κ1) is 15.9. The largest absolute Gasteiger partial charge is 0.507 e. The molecule has 0 spiro atoms. The van der Waals surface area contributed by atoms with E-state index in [4.69, 9.17) is 21.0 Å². The van der Waals surface area contributed by atoms with Crippen LogP contribution in [0.5, 0.6) is 0 Å². The van der Waals surface area contributed by atoms with Gasteiger partial charge in [-0.3, -0.25) is 25.2 Å². The zero-order chi connectivity index (χ0) is 17.6. The number of benzene rings is 1. The molecule has 126 valence electrons. The number of likely N-dealkylation sites (tertiary alicyclic amines) is 1. The number of amidine groups is 1. The highest BCUT2D eigenvalue weighted by Gasteiger charge is 2.59. The Hall–Kier alpha value is -2.94. The van der Waals surface area contributed by atoms with Crippen molar-refractivity contribution in [1.29, 1.82) is 5.41 Å². The van der Waals surface area contributed by atoms with Gasteiger partial charge in [0.25, 0.3) is 0 Å². The third kappa shape index (κ3) is 2.38. The van der Waals surface area contributed by atoms with Crippen molar-refractivity contribution in [3.8, 4) is 0 Å². The molecule has 4 atom stereocenters. The summed E-state index contributed by atoms with van der Waals surface area (Å²) in [6.07, 6.45) is -2.61. The van der Waals surface area contributed by atoms with E-state index in [1.54, 1.807) is 24.3 Å². The average Bonchev–Trinajstić information content (AvgIpc) is 3.00. The summed E-state index contributed by atoms with van der Waals surface area (Å²) in [7, 11) is 1.37. The first-order chi connectivity index (χ1) is 11.3. The van der Waals surface area contributed by atoms with Crippen LogP contribution in [-0.2, 0) is 14.3 Å². The van der Waals surface area contributed by atoms with Crippen LogP contribution in [0.3, 0.4) is 0 Å². The molecule has 0 aromatic heterocycles. The summed E-state index contributed by atoms with van der Waals surface area (Å²) >= 11 is 0. The number of imide groups is 1. The van der Waals surface area contributed by atoms with E-state index in [2.05, 4.69) is 5.32 Å². The molecule has 3 rings (SSSR count). The number of carbonyl (C=O) groups excluding carboxylic acids is 2. The zero-order valence-electron chi connectivity index (χ0n) is 12.7. The van der Waals surface area contributed by atoms with Crippen molar-refractivity contribution in [2.75, 3.05) is 7.05 Å². The highest BCUT2D eigenvalue weighted by molar-refractivity contribution is 6.06. The predicted molar refractivity (Wildman–Crippen MR) is 81.0 cm³/mol. The summed E-state index contributed by atoms with van der Waals surface area (Å²) in [5.74, 6) is -2.56. The minimum atomic E-state index is -1.52. The van der Waals surface area contributed by atoms with E-state index >= 15 is 0 Å². The molecule has 0 aliphatic carbocycles. The van der Waals surface area contributed by atoms with Crippen molar-refractivity contribution >= 4 is 23.8 Å². The van der Waals surface area contributed by atoms with Crippen LogP contribution < -0.4 is 11.1 Å². The number of carbonyl (C=O) groups is 3. The van der Waals surface area contributed by atoms with Crippen molar-refractivity contribution in [2.45, 2.75) is 12.3 Å². The molecule has 0 saturated carbocycles. The number of nitrogens with one attached hydrogen (secondary N) is 2. The molecule has 2 aliphatic heterocycles. The lowest BCUT2D eigenvalue weighted by molar-refractivity contribution is -0.139. The monoisotopic (exact) mass is 332 g/mol. The number of rotatable bonds is 3. The van der Waals surface area contributed by atoms with Crippen LogP contribution >= 0.6 is 0 Å². The maximum Gasteiger partial charge on any atom is 0.507 e. The fraction of sp³-hybridized carbons (Fsp3) is 0.333. The molecule has 1 aromatic rings. The third-order valence-electron chi connectivity index (χ3n) is 4.46. The fourth-order valence-corrected chi connectivity index (χ4v) is 3.30. The Kier molecular flexibility index (Phi) is 3.72. The topological polar surface area (TPSA) is 146 Å². The molecule has 2 amide bonds. The Balaban J connectivity index is 1.95. The second-order valence-corrected chi connectivity index (χ2v) is 5.77. The maximum absolute atomic E-state index is 12.4. The van der Waals surface area contributed by atoms with Crippen molar-refractivity contribution in [3.63, 3.8) is 0 Å². The van der Waals surface area contributed by atoms with Gasteiger partial charge in [0.1, 0.15) is 11.8 Å². The number of carboxylic acid groups (broad SMARTS) is 1. The average molecular weight is 332 g/mol. The number of hydrogen-bond donors (Lipinski definition) is 4. The molecule has 0 radical (unpaired) electrons. The lowest BCUT2D eigenvalue weighted by Crippen LogP contribution is -2.39. The highest BCUT2D eigenvalue weighted by atomic mass is 16.7. The molecule has 24 heavy (non-hydrogen) atoms. The van der Waals surface area contributed by atoms with Crippen LogP contribution in [0.2, 0.25) is 0 Å². The summed E-state index contributed by atoms with van der Waals surface area (Å²) < 4.78 is 4.76. The summed E-state index contributed by atoms with van der Waals surface area (Å²) in [6, 6.07) is 6.06. The van der Waals surface area contributed by atoms with Crippen molar-refractivity contribution in [3.05, 3.63) is 35.4 Å². The van der Waals surface area contributed by atoms with E-state index in [0.29, 0.717) is 11.1 Å². The quantitative estimate of drug-likeness (QED) is 0.261. The van der Waals surface area contributed by atoms with Gasteiger partial charge in [-0.2, -0.15) is 0 Å². The molecule has 2 fully saturated rings. The van der Waals surface area contributed by atoms with Crippen LogP contribution in [0.4, 0.5) is 4.79 Å². The molecular weight excluding hydrogens is 316 g/mol.